The SMILES string of the molecule is O=C(O)/C=C/c1c(Cl)nc2cc(Cl)ccn12. The average Bonchev–Trinajstić information content (AvgIpc) is 2.50. The minimum absolute atomic E-state index is 0.236. The zero-order valence-electron chi connectivity index (χ0n) is 7.89. The Bertz CT molecular complexity index is 590. The minimum Gasteiger partial charge on any atom is -0.478 e. The Kier molecular flexibility index (Phi) is 2.85. The van der Waals surface area contributed by atoms with Crippen molar-refractivity contribution in [3.8, 4) is 0 Å². The summed E-state index contributed by atoms with van der Waals surface area (Å²) >= 11 is 11.7. The van der Waals surface area contributed by atoms with Crippen molar-refractivity contribution >= 4 is 40.9 Å². The zero-order valence-corrected chi connectivity index (χ0v) is 9.40. The number of halogens is 2. The fraction of sp³-hybridized carbons (Fsp3) is 0. The Morgan fingerprint density at radius 3 is 2.94 bits per heavy atom. The lowest BCUT2D eigenvalue weighted by molar-refractivity contribution is -0.131. The van der Waals surface area contributed by atoms with Crippen LogP contribution >= 0.6 is 23.2 Å². The predicted molar refractivity (Wildman–Crippen MR) is 61.9 cm³/mol. The molecule has 0 aliphatic carbocycles. The van der Waals surface area contributed by atoms with E-state index in [1.165, 1.54) is 6.08 Å². The van der Waals surface area contributed by atoms with Gasteiger partial charge in [0.25, 0.3) is 0 Å². The van der Waals surface area contributed by atoms with Crippen LogP contribution in [0.25, 0.3) is 11.7 Å². The molecule has 0 spiro atoms. The third kappa shape index (κ3) is 2.03. The molecule has 0 fully saturated rings. The number of hydrogen-bond acceptors (Lipinski definition) is 2. The second-order valence-corrected chi connectivity index (χ2v) is 3.83. The van der Waals surface area contributed by atoms with Crippen LogP contribution in [-0.2, 0) is 4.79 Å². The molecular formula is C10H6Cl2N2O2. The highest BCUT2D eigenvalue weighted by Gasteiger charge is 2.07. The molecule has 0 amide bonds. The second kappa shape index (κ2) is 4.15. The quantitative estimate of drug-likeness (QED) is 0.841. The number of aromatic nitrogens is 2. The molecule has 0 atom stereocenters. The third-order valence-electron chi connectivity index (χ3n) is 1.96. The van der Waals surface area contributed by atoms with Crippen molar-refractivity contribution in [2.24, 2.45) is 0 Å². The molecule has 0 aromatic carbocycles. The van der Waals surface area contributed by atoms with E-state index in [1.54, 1.807) is 22.7 Å². The van der Waals surface area contributed by atoms with E-state index in [-0.39, 0.29) is 5.15 Å². The normalized spacial score (nSPS) is 11.4. The third-order valence-corrected chi connectivity index (χ3v) is 2.48. The summed E-state index contributed by atoms with van der Waals surface area (Å²) in [6.07, 6.45) is 4.07. The number of pyridine rings is 1. The highest BCUT2D eigenvalue weighted by Crippen LogP contribution is 2.21. The average molecular weight is 257 g/mol. The van der Waals surface area contributed by atoms with Gasteiger partial charge in [-0.15, -0.1) is 0 Å². The molecule has 0 aliphatic heterocycles. The maximum atomic E-state index is 10.4. The summed E-state index contributed by atoms with van der Waals surface area (Å²) < 4.78 is 1.66. The summed E-state index contributed by atoms with van der Waals surface area (Å²) in [4.78, 5) is 14.5. The first kappa shape index (κ1) is 11.0. The number of carbonyl (C=O) groups is 1. The number of carboxylic acids is 1. The van der Waals surface area contributed by atoms with Gasteiger partial charge in [-0.3, -0.25) is 4.40 Å². The van der Waals surface area contributed by atoms with Crippen LogP contribution in [0.5, 0.6) is 0 Å². The summed E-state index contributed by atoms with van der Waals surface area (Å²) in [5, 5.41) is 9.32. The molecule has 2 rings (SSSR count). The van der Waals surface area contributed by atoms with E-state index in [1.807, 2.05) is 0 Å². The van der Waals surface area contributed by atoms with Gasteiger partial charge in [-0.1, -0.05) is 23.2 Å². The Hall–Kier alpha value is -1.52. The highest BCUT2D eigenvalue weighted by molar-refractivity contribution is 6.32. The Labute approximate surface area is 101 Å². The van der Waals surface area contributed by atoms with Crippen LogP contribution in [0.1, 0.15) is 5.69 Å². The fourth-order valence-corrected chi connectivity index (χ4v) is 1.70. The summed E-state index contributed by atoms with van der Waals surface area (Å²) in [7, 11) is 0. The van der Waals surface area contributed by atoms with Gasteiger partial charge >= 0.3 is 5.97 Å². The molecule has 0 radical (unpaired) electrons. The van der Waals surface area contributed by atoms with Gasteiger partial charge in [0, 0.05) is 23.4 Å². The van der Waals surface area contributed by atoms with Crippen molar-refractivity contribution in [1.82, 2.24) is 9.38 Å². The molecule has 16 heavy (non-hydrogen) atoms. The molecule has 0 unspecified atom stereocenters. The number of fused-ring (bicyclic) bond motifs is 1. The topological polar surface area (TPSA) is 54.6 Å². The van der Waals surface area contributed by atoms with E-state index in [0.29, 0.717) is 16.4 Å². The first-order valence-electron chi connectivity index (χ1n) is 4.32. The highest BCUT2D eigenvalue weighted by atomic mass is 35.5. The first-order chi connectivity index (χ1) is 7.58. The molecule has 1 N–H and O–H groups in total. The van der Waals surface area contributed by atoms with Crippen molar-refractivity contribution in [3.05, 3.63) is 40.3 Å². The summed E-state index contributed by atoms with van der Waals surface area (Å²) in [6.45, 7) is 0. The van der Waals surface area contributed by atoms with Gasteiger partial charge in [0.15, 0.2) is 5.15 Å². The number of rotatable bonds is 2. The minimum atomic E-state index is -1.04. The van der Waals surface area contributed by atoms with Crippen molar-refractivity contribution in [3.63, 3.8) is 0 Å². The smallest absolute Gasteiger partial charge is 0.328 e. The second-order valence-electron chi connectivity index (χ2n) is 3.03. The Morgan fingerprint density at radius 2 is 2.25 bits per heavy atom. The lowest BCUT2D eigenvalue weighted by Crippen LogP contribution is -1.89. The standard InChI is InChI=1S/C10H6Cl2N2O2/c11-6-3-4-14-7(1-2-9(15)16)10(12)13-8(14)5-6/h1-5H,(H,15,16)/b2-1+. The molecule has 82 valence electrons. The van der Waals surface area contributed by atoms with Crippen LogP contribution in [0.4, 0.5) is 0 Å². The van der Waals surface area contributed by atoms with Crippen LogP contribution in [0.3, 0.4) is 0 Å². The van der Waals surface area contributed by atoms with E-state index >= 15 is 0 Å². The number of hydrogen-bond donors (Lipinski definition) is 1. The van der Waals surface area contributed by atoms with Gasteiger partial charge in [0.1, 0.15) is 5.65 Å². The predicted octanol–water partition coefficient (Wildman–Crippen LogP) is 2.74. The van der Waals surface area contributed by atoms with Crippen molar-refractivity contribution < 1.29 is 9.90 Å². The molecule has 0 bridgehead atoms. The zero-order chi connectivity index (χ0) is 11.7. The van der Waals surface area contributed by atoms with Crippen LogP contribution in [0.15, 0.2) is 24.4 Å². The van der Waals surface area contributed by atoms with Crippen LogP contribution < -0.4 is 0 Å². The van der Waals surface area contributed by atoms with Gasteiger partial charge in [-0.2, -0.15) is 0 Å². The summed E-state index contributed by atoms with van der Waals surface area (Å²) in [5.41, 5.74) is 1.08. The first-order valence-corrected chi connectivity index (χ1v) is 5.07. The molecule has 4 nitrogen and oxygen atoms in total. The van der Waals surface area contributed by atoms with E-state index in [9.17, 15) is 4.79 Å². The lowest BCUT2D eigenvalue weighted by Gasteiger charge is -1.96. The Morgan fingerprint density at radius 1 is 1.50 bits per heavy atom. The largest absolute Gasteiger partial charge is 0.478 e. The van der Waals surface area contributed by atoms with Crippen molar-refractivity contribution in [2.45, 2.75) is 0 Å². The number of aliphatic carboxylic acids is 1. The van der Waals surface area contributed by atoms with Gasteiger partial charge in [-0.05, 0) is 12.1 Å². The molecule has 2 heterocycles. The maximum absolute atomic E-state index is 10.4. The monoisotopic (exact) mass is 256 g/mol. The maximum Gasteiger partial charge on any atom is 0.328 e. The van der Waals surface area contributed by atoms with Crippen LogP contribution in [-0.4, -0.2) is 20.5 Å². The summed E-state index contributed by atoms with van der Waals surface area (Å²) in [5.74, 6) is -1.04. The summed E-state index contributed by atoms with van der Waals surface area (Å²) in [6, 6.07) is 3.32. The van der Waals surface area contributed by atoms with Crippen molar-refractivity contribution in [2.75, 3.05) is 0 Å². The van der Waals surface area contributed by atoms with Crippen LogP contribution in [0, 0.1) is 0 Å². The van der Waals surface area contributed by atoms with Gasteiger partial charge in [0.2, 0.25) is 0 Å². The van der Waals surface area contributed by atoms with Crippen molar-refractivity contribution in [1.29, 1.82) is 0 Å². The molecular weight excluding hydrogens is 251 g/mol. The van der Waals surface area contributed by atoms with Crippen LogP contribution in [0.2, 0.25) is 10.2 Å². The fourth-order valence-electron chi connectivity index (χ4n) is 1.31. The van der Waals surface area contributed by atoms with Gasteiger partial charge in [-0.25, -0.2) is 9.78 Å². The lowest BCUT2D eigenvalue weighted by atomic mass is 10.4. The number of nitrogens with zero attached hydrogens (tertiary/aromatic N) is 2. The van der Waals surface area contributed by atoms with E-state index in [2.05, 4.69) is 4.98 Å². The Balaban J connectivity index is 2.60. The molecule has 0 saturated heterocycles. The number of carboxylic acid groups (broad SMARTS) is 1. The van der Waals surface area contributed by atoms with E-state index < -0.39 is 5.97 Å². The van der Waals surface area contributed by atoms with Gasteiger partial charge in [0.05, 0.1) is 5.69 Å². The molecule has 0 saturated carbocycles. The molecule has 6 heteroatoms. The molecule has 0 aliphatic rings. The molecule has 2 aromatic rings. The number of imidazole rings is 1. The van der Waals surface area contributed by atoms with E-state index in [4.69, 9.17) is 28.3 Å². The van der Waals surface area contributed by atoms with E-state index in [0.717, 1.165) is 6.08 Å². The molecule has 2 aromatic heterocycles. The van der Waals surface area contributed by atoms with Gasteiger partial charge < -0.3 is 5.11 Å².